The van der Waals surface area contributed by atoms with Crippen molar-refractivity contribution in [1.29, 1.82) is 0 Å². The molecule has 0 radical (unpaired) electrons. The van der Waals surface area contributed by atoms with Crippen molar-refractivity contribution in [3.8, 4) is 5.75 Å². The van der Waals surface area contributed by atoms with E-state index in [-0.39, 0.29) is 21.4 Å². The van der Waals surface area contributed by atoms with Crippen LogP contribution in [0.15, 0.2) is 42.5 Å². The Balaban J connectivity index is 2.31. The van der Waals surface area contributed by atoms with Gasteiger partial charge in [0.25, 0.3) is 0 Å². The first-order valence-corrected chi connectivity index (χ1v) is 10.3. The Morgan fingerprint density at radius 2 is 1.73 bits per heavy atom. The van der Waals surface area contributed by atoms with E-state index in [1.807, 2.05) is 0 Å². The topological polar surface area (TPSA) is 75.7 Å². The Morgan fingerprint density at radius 3 is 2.31 bits per heavy atom. The lowest BCUT2D eigenvalue weighted by molar-refractivity contribution is -0.114. The van der Waals surface area contributed by atoms with Gasteiger partial charge in [-0.15, -0.1) is 0 Å². The van der Waals surface area contributed by atoms with E-state index in [4.69, 9.17) is 27.9 Å². The molecule has 0 aromatic heterocycles. The molecule has 2 rings (SSSR count). The van der Waals surface area contributed by atoms with Crippen molar-refractivity contribution in [3.63, 3.8) is 0 Å². The monoisotopic (exact) mass is 416 g/mol. The molecule has 0 atom stereocenters. The number of halogens is 2. The number of benzene rings is 2. The number of carbonyl (C=O) groups excluding carboxylic acids is 1. The summed E-state index contributed by atoms with van der Waals surface area (Å²) in [5, 5.41) is 3.06. The zero-order valence-electron chi connectivity index (χ0n) is 14.2. The first kappa shape index (κ1) is 20.4. The normalized spacial score (nSPS) is 11.1. The number of hydrogen-bond donors (Lipinski definition) is 1. The van der Waals surface area contributed by atoms with E-state index in [1.54, 1.807) is 49.4 Å². The van der Waals surface area contributed by atoms with Crippen LogP contribution in [-0.4, -0.2) is 33.7 Å². The lowest BCUT2D eigenvalue weighted by atomic mass is 10.3. The minimum atomic E-state index is -3.74. The van der Waals surface area contributed by atoms with Crippen molar-refractivity contribution < 1.29 is 17.9 Å². The van der Waals surface area contributed by atoms with E-state index in [0.29, 0.717) is 12.4 Å². The Kier molecular flexibility index (Phi) is 6.75. The zero-order chi connectivity index (χ0) is 19.3. The number of hydrogen-bond acceptors (Lipinski definition) is 4. The van der Waals surface area contributed by atoms with Crippen molar-refractivity contribution in [2.75, 3.05) is 29.0 Å². The molecule has 0 aliphatic carbocycles. The summed E-state index contributed by atoms with van der Waals surface area (Å²) < 4.78 is 30.9. The number of amides is 1. The molecule has 0 spiro atoms. The second-order valence-corrected chi connectivity index (χ2v) is 8.04. The maximum Gasteiger partial charge on any atom is 0.245 e. The maximum atomic E-state index is 12.4. The third-order valence-electron chi connectivity index (χ3n) is 3.35. The zero-order valence-corrected chi connectivity index (χ0v) is 16.5. The fourth-order valence-electron chi connectivity index (χ4n) is 2.25. The Bertz CT molecular complexity index is 883. The van der Waals surface area contributed by atoms with Gasteiger partial charge in [-0.2, -0.15) is 0 Å². The van der Waals surface area contributed by atoms with Crippen LogP contribution in [0.1, 0.15) is 6.92 Å². The van der Waals surface area contributed by atoms with Gasteiger partial charge in [0, 0.05) is 0 Å². The summed E-state index contributed by atoms with van der Waals surface area (Å²) >= 11 is 12.1. The summed E-state index contributed by atoms with van der Waals surface area (Å²) in [5.74, 6) is -0.222. The van der Waals surface area contributed by atoms with Crippen molar-refractivity contribution in [3.05, 3.63) is 52.5 Å². The number of nitrogens with zero attached hydrogens (tertiary/aromatic N) is 1. The number of sulfonamides is 1. The number of para-hydroxylation sites is 3. The van der Waals surface area contributed by atoms with Crippen molar-refractivity contribution in [2.45, 2.75) is 6.92 Å². The third-order valence-corrected chi connectivity index (χ3v) is 5.10. The number of rotatable bonds is 7. The quantitative estimate of drug-likeness (QED) is 0.744. The highest BCUT2D eigenvalue weighted by molar-refractivity contribution is 7.92. The summed E-state index contributed by atoms with van der Waals surface area (Å²) in [7, 11) is -3.74. The molecule has 1 amide bonds. The molecule has 9 heteroatoms. The summed E-state index contributed by atoms with van der Waals surface area (Å²) in [6.07, 6.45) is 1.02. The van der Waals surface area contributed by atoms with Crippen LogP contribution in [0.3, 0.4) is 0 Å². The van der Waals surface area contributed by atoms with Gasteiger partial charge in [0.05, 0.1) is 34.3 Å². The predicted molar refractivity (Wildman–Crippen MR) is 105 cm³/mol. The third kappa shape index (κ3) is 5.03. The van der Waals surface area contributed by atoms with Gasteiger partial charge in [0.15, 0.2) is 0 Å². The van der Waals surface area contributed by atoms with E-state index in [9.17, 15) is 13.2 Å². The van der Waals surface area contributed by atoms with E-state index in [0.717, 1.165) is 10.6 Å². The van der Waals surface area contributed by atoms with Gasteiger partial charge >= 0.3 is 0 Å². The minimum Gasteiger partial charge on any atom is -0.492 e. The highest BCUT2D eigenvalue weighted by atomic mass is 35.5. The number of nitrogens with one attached hydrogen (secondary N) is 1. The van der Waals surface area contributed by atoms with Crippen LogP contribution in [0, 0.1) is 0 Å². The van der Waals surface area contributed by atoms with Gasteiger partial charge in [-0.25, -0.2) is 8.42 Å². The lowest BCUT2D eigenvalue weighted by Gasteiger charge is -2.24. The Labute approximate surface area is 162 Å². The molecule has 0 unspecified atom stereocenters. The van der Waals surface area contributed by atoms with E-state index >= 15 is 0 Å². The molecular weight excluding hydrogens is 399 g/mol. The molecule has 0 saturated carbocycles. The van der Waals surface area contributed by atoms with Gasteiger partial charge in [-0.1, -0.05) is 41.4 Å². The second-order valence-electron chi connectivity index (χ2n) is 5.32. The molecule has 0 fully saturated rings. The van der Waals surface area contributed by atoms with Crippen LogP contribution in [-0.2, 0) is 14.8 Å². The van der Waals surface area contributed by atoms with Crippen LogP contribution in [0.25, 0.3) is 0 Å². The van der Waals surface area contributed by atoms with Gasteiger partial charge in [-0.3, -0.25) is 9.10 Å². The molecule has 6 nitrogen and oxygen atoms in total. The Hall–Kier alpha value is -1.96. The fourth-order valence-corrected chi connectivity index (χ4v) is 3.60. The second kappa shape index (κ2) is 8.62. The number of anilines is 2. The highest BCUT2D eigenvalue weighted by Crippen LogP contribution is 2.31. The van der Waals surface area contributed by atoms with Crippen LogP contribution in [0.2, 0.25) is 10.0 Å². The largest absolute Gasteiger partial charge is 0.492 e. The predicted octanol–water partition coefficient (Wildman–Crippen LogP) is 3.80. The number of carbonyl (C=O) groups is 1. The molecule has 26 heavy (non-hydrogen) atoms. The maximum absolute atomic E-state index is 12.4. The van der Waals surface area contributed by atoms with Gasteiger partial charge in [0.2, 0.25) is 15.9 Å². The van der Waals surface area contributed by atoms with Crippen LogP contribution in [0.4, 0.5) is 11.4 Å². The molecule has 2 aromatic carbocycles. The van der Waals surface area contributed by atoms with Gasteiger partial charge < -0.3 is 10.1 Å². The van der Waals surface area contributed by atoms with Crippen LogP contribution < -0.4 is 14.4 Å². The van der Waals surface area contributed by atoms with E-state index in [1.165, 1.54) is 0 Å². The SMILES string of the molecule is CCOc1ccccc1N(CC(=O)Nc1c(Cl)cccc1Cl)S(C)(=O)=O. The fraction of sp³-hybridized carbons (Fsp3) is 0.235. The molecule has 1 N–H and O–H groups in total. The summed E-state index contributed by atoms with van der Waals surface area (Å²) in [6.45, 7) is 1.69. The Morgan fingerprint density at radius 1 is 1.12 bits per heavy atom. The lowest BCUT2D eigenvalue weighted by Crippen LogP contribution is -2.37. The van der Waals surface area contributed by atoms with E-state index in [2.05, 4.69) is 5.32 Å². The molecule has 0 aliphatic heterocycles. The first-order chi connectivity index (χ1) is 12.2. The minimum absolute atomic E-state index is 0.229. The van der Waals surface area contributed by atoms with E-state index < -0.39 is 22.5 Å². The first-order valence-electron chi connectivity index (χ1n) is 7.67. The smallest absolute Gasteiger partial charge is 0.245 e. The summed E-state index contributed by atoms with van der Waals surface area (Å²) in [6, 6.07) is 11.4. The van der Waals surface area contributed by atoms with Gasteiger partial charge in [-0.05, 0) is 31.2 Å². The molecule has 0 saturated heterocycles. The van der Waals surface area contributed by atoms with Gasteiger partial charge in [0.1, 0.15) is 12.3 Å². The molecule has 2 aromatic rings. The van der Waals surface area contributed by atoms with Crippen molar-refractivity contribution in [1.82, 2.24) is 0 Å². The van der Waals surface area contributed by atoms with Crippen molar-refractivity contribution in [2.24, 2.45) is 0 Å². The average molecular weight is 417 g/mol. The molecule has 0 bridgehead atoms. The average Bonchev–Trinajstić information content (AvgIpc) is 2.56. The number of ether oxygens (including phenoxy) is 1. The van der Waals surface area contributed by atoms with Crippen LogP contribution >= 0.6 is 23.2 Å². The molecular formula is C17H18Cl2N2O4S. The molecule has 140 valence electrons. The van der Waals surface area contributed by atoms with Crippen LogP contribution in [0.5, 0.6) is 5.75 Å². The molecule has 0 heterocycles. The summed E-state index contributed by atoms with van der Waals surface area (Å²) in [5.41, 5.74) is 0.504. The summed E-state index contributed by atoms with van der Waals surface area (Å²) in [4.78, 5) is 12.4. The van der Waals surface area contributed by atoms with Crippen molar-refractivity contribution >= 4 is 50.5 Å². The highest BCUT2D eigenvalue weighted by Gasteiger charge is 2.24. The standard InChI is InChI=1S/C17H18Cl2N2O4S/c1-3-25-15-10-5-4-9-14(15)21(26(2,23)24)11-16(22)20-17-12(18)7-6-8-13(17)19/h4-10H,3,11H2,1-2H3,(H,20,22). The molecule has 0 aliphatic rings.